The summed E-state index contributed by atoms with van der Waals surface area (Å²) in [6, 6.07) is 19.7. The summed E-state index contributed by atoms with van der Waals surface area (Å²) in [5.41, 5.74) is 1.95. The molecule has 0 aliphatic carbocycles. The Kier molecular flexibility index (Phi) is 2.47. The predicted molar refractivity (Wildman–Crippen MR) is 66.2 cm³/mol. The van der Waals surface area contributed by atoms with Gasteiger partial charge in [0, 0.05) is 11.1 Å². The van der Waals surface area contributed by atoms with Gasteiger partial charge in [-0.2, -0.15) is 0 Å². The SMILES string of the molecule is [c]1nc(-c2ccccc2)oc1-c1ccccc1. The highest BCUT2D eigenvalue weighted by Gasteiger charge is 2.07. The second-order valence-corrected chi connectivity index (χ2v) is 3.69. The maximum Gasteiger partial charge on any atom is 0.227 e. The highest BCUT2D eigenvalue weighted by atomic mass is 16.4. The molecule has 0 amide bonds. The van der Waals surface area contributed by atoms with Gasteiger partial charge >= 0.3 is 0 Å². The van der Waals surface area contributed by atoms with Gasteiger partial charge in [0.2, 0.25) is 5.89 Å². The van der Waals surface area contributed by atoms with E-state index in [0.717, 1.165) is 11.1 Å². The zero-order valence-corrected chi connectivity index (χ0v) is 9.13. The Morgan fingerprint density at radius 1 is 0.765 bits per heavy atom. The minimum absolute atomic E-state index is 0.601. The standard InChI is InChI=1S/C15H10NO/c1-3-7-12(8-4-1)14-11-16-15(17-14)13-9-5-2-6-10-13/h1-10H. The van der Waals surface area contributed by atoms with Crippen LogP contribution in [0.1, 0.15) is 0 Å². The fourth-order valence-corrected chi connectivity index (χ4v) is 1.66. The molecule has 2 nitrogen and oxygen atoms in total. The third kappa shape index (κ3) is 1.97. The van der Waals surface area contributed by atoms with Crippen molar-refractivity contribution >= 4 is 0 Å². The van der Waals surface area contributed by atoms with E-state index in [-0.39, 0.29) is 0 Å². The Morgan fingerprint density at radius 3 is 2.00 bits per heavy atom. The molecule has 1 radical (unpaired) electrons. The summed E-state index contributed by atoms with van der Waals surface area (Å²) in [5, 5.41) is 0. The Labute approximate surface area is 99.6 Å². The monoisotopic (exact) mass is 220 g/mol. The van der Waals surface area contributed by atoms with E-state index in [1.54, 1.807) is 0 Å². The van der Waals surface area contributed by atoms with Gasteiger partial charge in [-0.3, -0.25) is 0 Å². The van der Waals surface area contributed by atoms with Crippen molar-refractivity contribution in [3.63, 3.8) is 0 Å². The number of aromatic nitrogens is 1. The number of benzene rings is 2. The quantitative estimate of drug-likeness (QED) is 0.656. The fourth-order valence-electron chi connectivity index (χ4n) is 1.66. The van der Waals surface area contributed by atoms with Crippen LogP contribution in [0.5, 0.6) is 0 Å². The molecule has 0 unspecified atom stereocenters. The number of oxazole rings is 1. The van der Waals surface area contributed by atoms with Gasteiger partial charge in [-0.05, 0) is 12.1 Å². The Morgan fingerprint density at radius 2 is 1.35 bits per heavy atom. The smallest absolute Gasteiger partial charge is 0.227 e. The minimum atomic E-state index is 0.601. The van der Waals surface area contributed by atoms with Gasteiger partial charge in [-0.15, -0.1) is 0 Å². The van der Waals surface area contributed by atoms with Crippen LogP contribution >= 0.6 is 0 Å². The molecule has 3 aromatic rings. The van der Waals surface area contributed by atoms with E-state index in [1.807, 2.05) is 60.7 Å². The first-order chi connectivity index (χ1) is 8.43. The largest absolute Gasteiger partial charge is 0.435 e. The second kappa shape index (κ2) is 4.26. The number of nitrogens with zero attached hydrogens (tertiary/aromatic N) is 1. The van der Waals surface area contributed by atoms with Crippen LogP contribution in [-0.2, 0) is 0 Å². The van der Waals surface area contributed by atoms with E-state index < -0.39 is 0 Å². The number of hydrogen-bond acceptors (Lipinski definition) is 2. The Bertz CT molecular complexity index is 545. The number of rotatable bonds is 2. The van der Waals surface area contributed by atoms with Crippen molar-refractivity contribution in [1.29, 1.82) is 0 Å². The highest BCUT2D eigenvalue weighted by Crippen LogP contribution is 2.24. The first-order valence-electron chi connectivity index (χ1n) is 5.43. The zero-order valence-electron chi connectivity index (χ0n) is 9.13. The lowest BCUT2D eigenvalue weighted by molar-refractivity contribution is 0.588. The molecule has 1 aromatic heterocycles. The maximum atomic E-state index is 5.69. The third-order valence-corrected chi connectivity index (χ3v) is 2.51. The lowest BCUT2D eigenvalue weighted by Crippen LogP contribution is -1.74. The minimum Gasteiger partial charge on any atom is -0.435 e. The lowest BCUT2D eigenvalue weighted by atomic mass is 10.2. The van der Waals surface area contributed by atoms with Crippen LogP contribution in [0.4, 0.5) is 0 Å². The first-order valence-corrected chi connectivity index (χ1v) is 5.43. The Hall–Kier alpha value is -2.35. The zero-order chi connectivity index (χ0) is 11.5. The molecule has 0 atom stereocenters. The molecule has 81 valence electrons. The summed E-state index contributed by atoms with van der Waals surface area (Å²) in [5.74, 6) is 1.27. The van der Waals surface area contributed by atoms with Crippen LogP contribution in [-0.4, -0.2) is 4.98 Å². The van der Waals surface area contributed by atoms with Gasteiger partial charge < -0.3 is 4.42 Å². The molecule has 3 rings (SSSR count). The molecule has 0 aliphatic heterocycles. The number of hydrogen-bond donors (Lipinski definition) is 0. The lowest BCUT2D eigenvalue weighted by Gasteiger charge is -1.95. The topological polar surface area (TPSA) is 26.0 Å². The average Bonchev–Trinajstić information content (AvgIpc) is 2.90. The Balaban J connectivity index is 1.99. The molecular formula is C15H10NO. The van der Waals surface area contributed by atoms with Crippen LogP contribution in [0, 0.1) is 6.20 Å². The molecule has 0 saturated carbocycles. The molecule has 0 spiro atoms. The average molecular weight is 220 g/mol. The molecule has 0 saturated heterocycles. The van der Waals surface area contributed by atoms with Gasteiger partial charge in [0.1, 0.15) is 6.20 Å². The molecule has 0 bridgehead atoms. The van der Waals surface area contributed by atoms with E-state index in [2.05, 4.69) is 11.2 Å². The summed E-state index contributed by atoms with van der Waals surface area (Å²) < 4.78 is 5.69. The van der Waals surface area contributed by atoms with Crippen LogP contribution in [0.3, 0.4) is 0 Å². The van der Waals surface area contributed by atoms with Gasteiger partial charge in [-0.1, -0.05) is 48.5 Å². The van der Waals surface area contributed by atoms with E-state index in [9.17, 15) is 0 Å². The molecule has 2 heteroatoms. The normalized spacial score (nSPS) is 10.4. The van der Waals surface area contributed by atoms with Crippen molar-refractivity contribution < 1.29 is 4.42 Å². The summed E-state index contributed by atoms with van der Waals surface area (Å²) in [7, 11) is 0. The van der Waals surface area contributed by atoms with Gasteiger partial charge in [0.25, 0.3) is 0 Å². The maximum absolute atomic E-state index is 5.69. The summed E-state index contributed by atoms with van der Waals surface area (Å²) in [4.78, 5) is 4.17. The van der Waals surface area contributed by atoms with Crippen LogP contribution < -0.4 is 0 Å². The van der Waals surface area contributed by atoms with Crippen LogP contribution in [0.2, 0.25) is 0 Å². The summed E-state index contributed by atoms with van der Waals surface area (Å²) in [6.07, 6.45) is 2.90. The molecule has 1 heterocycles. The van der Waals surface area contributed by atoms with Gasteiger partial charge in [0.15, 0.2) is 5.76 Å². The summed E-state index contributed by atoms with van der Waals surface area (Å²) in [6.45, 7) is 0. The predicted octanol–water partition coefficient (Wildman–Crippen LogP) is 3.81. The van der Waals surface area contributed by atoms with Gasteiger partial charge in [-0.25, -0.2) is 4.98 Å². The van der Waals surface area contributed by atoms with E-state index in [0.29, 0.717) is 11.7 Å². The van der Waals surface area contributed by atoms with Crippen molar-refractivity contribution in [1.82, 2.24) is 4.98 Å². The van der Waals surface area contributed by atoms with Crippen LogP contribution in [0.25, 0.3) is 22.8 Å². The van der Waals surface area contributed by atoms with Crippen molar-refractivity contribution in [3.8, 4) is 22.8 Å². The molecule has 0 N–H and O–H groups in total. The van der Waals surface area contributed by atoms with Crippen molar-refractivity contribution in [2.24, 2.45) is 0 Å². The molecule has 0 fully saturated rings. The van der Waals surface area contributed by atoms with Crippen molar-refractivity contribution in [3.05, 3.63) is 66.9 Å². The summed E-state index contributed by atoms with van der Waals surface area (Å²) >= 11 is 0. The fraction of sp³-hybridized carbons (Fsp3) is 0. The highest BCUT2D eigenvalue weighted by molar-refractivity contribution is 5.60. The van der Waals surface area contributed by atoms with Crippen molar-refractivity contribution in [2.45, 2.75) is 0 Å². The van der Waals surface area contributed by atoms with Crippen molar-refractivity contribution in [2.75, 3.05) is 0 Å². The second-order valence-electron chi connectivity index (χ2n) is 3.69. The molecule has 2 aromatic carbocycles. The van der Waals surface area contributed by atoms with Gasteiger partial charge in [0.05, 0.1) is 0 Å². The van der Waals surface area contributed by atoms with E-state index in [1.165, 1.54) is 0 Å². The van der Waals surface area contributed by atoms with Crippen LogP contribution in [0.15, 0.2) is 65.1 Å². The van der Waals surface area contributed by atoms with E-state index in [4.69, 9.17) is 4.42 Å². The molecular weight excluding hydrogens is 210 g/mol. The molecule has 17 heavy (non-hydrogen) atoms. The van der Waals surface area contributed by atoms with E-state index >= 15 is 0 Å². The third-order valence-electron chi connectivity index (χ3n) is 2.51. The molecule has 0 aliphatic rings. The first kappa shape index (κ1) is 9.85.